The molecule has 2 amide bonds. The molecule has 0 spiro atoms. The summed E-state index contributed by atoms with van der Waals surface area (Å²) < 4.78 is 1.80. The van der Waals surface area contributed by atoms with E-state index in [0.717, 1.165) is 12.8 Å². The minimum absolute atomic E-state index is 0.00281. The Morgan fingerprint density at radius 1 is 1.45 bits per heavy atom. The summed E-state index contributed by atoms with van der Waals surface area (Å²) in [7, 11) is 0. The van der Waals surface area contributed by atoms with Crippen LogP contribution in [0.25, 0.3) is 0 Å². The molecule has 1 aliphatic heterocycles. The number of hydrogen-bond acceptors (Lipinski definition) is 3. The highest BCUT2D eigenvalue weighted by Crippen LogP contribution is 2.29. The van der Waals surface area contributed by atoms with Crippen molar-refractivity contribution >= 4 is 11.8 Å². The zero-order valence-corrected chi connectivity index (χ0v) is 13.1. The first kappa shape index (κ1) is 15.1. The fourth-order valence-electron chi connectivity index (χ4n) is 3.57. The topological polar surface area (TPSA) is 67.2 Å². The molecule has 1 saturated carbocycles. The van der Waals surface area contributed by atoms with E-state index in [0.29, 0.717) is 25.6 Å². The molecular formula is C16H24N4O2. The Morgan fingerprint density at radius 3 is 2.91 bits per heavy atom. The summed E-state index contributed by atoms with van der Waals surface area (Å²) in [5.74, 6) is -0.0616. The van der Waals surface area contributed by atoms with Gasteiger partial charge >= 0.3 is 0 Å². The maximum absolute atomic E-state index is 12.4. The molecule has 120 valence electrons. The summed E-state index contributed by atoms with van der Waals surface area (Å²) in [6.07, 6.45) is 8.55. The molecule has 2 aliphatic rings. The van der Waals surface area contributed by atoms with Gasteiger partial charge in [-0.05, 0) is 25.8 Å². The smallest absolute Gasteiger partial charge is 0.225 e. The average molecular weight is 304 g/mol. The van der Waals surface area contributed by atoms with E-state index in [1.165, 1.54) is 12.8 Å². The molecule has 1 N–H and O–H groups in total. The number of hydrogen-bond donors (Lipinski definition) is 1. The van der Waals surface area contributed by atoms with Crippen LogP contribution in [0.5, 0.6) is 0 Å². The Hall–Kier alpha value is -1.85. The SMILES string of the molecule is C[C@H](Cn1cccn1)NC(=O)[C@@H]1CC(=O)N(C2CCCC2)C1. The lowest BCUT2D eigenvalue weighted by atomic mass is 10.1. The van der Waals surface area contributed by atoms with Crippen molar-refractivity contribution < 1.29 is 9.59 Å². The van der Waals surface area contributed by atoms with E-state index in [4.69, 9.17) is 0 Å². The molecule has 2 atom stereocenters. The maximum atomic E-state index is 12.4. The zero-order chi connectivity index (χ0) is 15.5. The number of carbonyl (C=O) groups is 2. The predicted octanol–water partition coefficient (Wildman–Crippen LogP) is 1.18. The average Bonchev–Trinajstić information content (AvgIpc) is 3.18. The lowest BCUT2D eigenvalue weighted by Crippen LogP contribution is -2.41. The highest BCUT2D eigenvalue weighted by molar-refractivity contribution is 5.89. The number of carbonyl (C=O) groups excluding carboxylic acids is 2. The van der Waals surface area contributed by atoms with Gasteiger partial charge in [0.05, 0.1) is 12.5 Å². The Balaban J connectivity index is 1.51. The second-order valence-corrected chi connectivity index (χ2v) is 6.52. The first-order chi connectivity index (χ1) is 10.6. The van der Waals surface area contributed by atoms with Gasteiger partial charge < -0.3 is 10.2 Å². The van der Waals surface area contributed by atoms with Gasteiger partial charge in [-0.2, -0.15) is 5.10 Å². The van der Waals surface area contributed by atoms with Crippen molar-refractivity contribution in [1.29, 1.82) is 0 Å². The fourth-order valence-corrected chi connectivity index (χ4v) is 3.57. The molecule has 0 bridgehead atoms. The van der Waals surface area contributed by atoms with Crippen LogP contribution in [0.2, 0.25) is 0 Å². The van der Waals surface area contributed by atoms with E-state index < -0.39 is 0 Å². The van der Waals surface area contributed by atoms with Gasteiger partial charge in [0.1, 0.15) is 0 Å². The molecule has 2 heterocycles. The highest BCUT2D eigenvalue weighted by Gasteiger charge is 2.38. The monoisotopic (exact) mass is 304 g/mol. The van der Waals surface area contributed by atoms with E-state index in [2.05, 4.69) is 10.4 Å². The van der Waals surface area contributed by atoms with Gasteiger partial charge in [0.25, 0.3) is 0 Å². The van der Waals surface area contributed by atoms with Crippen molar-refractivity contribution in [3.05, 3.63) is 18.5 Å². The maximum Gasteiger partial charge on any atom is 0.225 e. The molecular weight excluding hydrogens is 280 g/mol. The van der Waals surface area contributed by atoms with E-state index >= 15 is 0 Å². The summed E-state index contributed by atoms with van der Waals surface area (Å²) in [5, 5.41) is 7.15. The number of nitrogens with zero attached hydrogens (tertiary/aromatic N) is 3. The highest BCUT2D eigenvalue weighted by atomic mass is 16.2. The van der Waals surface area contributed by atoms with Crippen molar-refractivity contribution in [3.63, 3.8) is 0 Å². The first-order valence-electron chi connectivity index (χ1n) is 8.21. The summed E-state index contributed by atoms with van der Waals surface area (Å²) in [6, 6.07) is 2.23. The second kappa shape index (κ2) is 6.50. The van der Waals surface area contributed by atoms with Crippen molar-refractivity contribution in [3.8, 4) is 0 Å². The molecule has 0 aromatic carbocycles. The van der Waals surface area contributed by atoms with Gasteiger partial charge in [-0.25, -0.2) is 0 Å². The van der Waals surface area contributed by atoms with E-state index in [1.807, 2.05) is 24.1 Å². The molecule has 0 unspecified atom stereocenters. The van der Waals surface area contributed by atoms with Gasteiger partial charge in [-0.15, -0.1) is 0 Å². The van der Waals surface area contributed by atoms with Crippen LogP contribution in [0.4, 0.5) is 0 Å². The number of amides is 2. The summed E-state index contributed by atoms with van der Waals surface area (Å²) in [4.78, 5) is 26.5. The molecule has 1 aliphatic carbocycles. The van der Waals surface area contributed by atoms with Crippen LogP contribution in [0.15, 0.2) is 18.5 Å². The number of rotatable bonds is 5. The van der Waals surface area contributed by atoms with Gasteiger partial charge in [0.2, 0.25) is 11.8 Å². The van der Waals surface area contributed by atoms with Crippen LogP contribution in [-0.4, -0.2) is 45.1 Å². The molecule has 6 nitrogen and oxygen atoms in total. The Kier molecular flexibility index (Phi) is 4.45. The van der Waals surface area contributed by atoms with Crippen LogP contribution in [0.3, 0.4) is 0 Å². The number of likely N-dealkylation sites (tertiary alicyclic amines) is 1. The third-order valence-corrected chi connectivity index (χ3v) is 4.70. The molecule has 1 aromatic heterocycles. The summed E-state index contributed by atoms with van der Waals surface area (Å²) >= 11 is 0. The Bertz CT molecular complexity index is 522. The second-order valence-electron chi connectivity index (χ2n) is 6.52. The van der Waals surface area contributed by atoms with Crippen LogP contribution in [0.1, 0.15) is 39.0 Å². The minimum atomic E-state index is -0.201. The first-order valence-corrected chi connectivity index (χ1v) is 8.21. The van der Waals surface area contributed by atoms with Crippen LogP contribution < -0.4 is 5.32 Å². The van der Waals surface area contributed by atoms with E-state index in [9.17, 15) is 9.59 Å². The number of nitrogens with one attached hydrogen (secondary N) is 1. The standard InChI is InChI=1S/C16H24N4O2/c1-12(10-19-8-4-7-17-19)18-16(22)13-9-15(21)20(11-13)14-5-2-3-6-14/h4,7-8,12-14H,2-3,5-6,9-11H2,1H3,(H,18,22)/t12-,13-/m1/s1. The normalized spacial score (nSPS) is 24.0. The largest absolute Gasteiger partial charge is 0.351 e. The van der Waals surface area contributed by atoms with Crippen molar-refractivity contribution in [2.45, 2.75) is 57.7 Å². The van der Waals surface area contributed by atoms with E-state index in [-0.39, 0.29) is 23.8 Å². The van der Waals surface area contributed by atoms with Crippen molar-refractivity contribution in [2.75, 3.05) is 6.54 Å². The summed E-state index contributed by atoms with van der Waals surface area (Å²) in [6.45, 7) is 3.20. The minimum Gasteiger partial charge on any atom is -0.351 e. The van der Waals surface area contributed by atoms with Crippen LogP contribution in [0, 0.1) is 5.92 Å². The third kappa shape index (κ3) is 3.31. The lowest BCUT2D eigenvalue weighted by Gasteiger charge is -2.24. The molecule has 1 aromatic rings. The quantitative estimate of drug-likeness (QED) is 0.888. The predicted molar refractivity (Wildman–Crippen MR) is 81.9 cm³/mol. The Morgan fingerprint density at radius 2 is 2.23 bits per heavy atom. The van der Waals surface area contributed by atoms with Crippen molar-refractivity contribution in [1.82, 2.24) is 20.0 Å². The van der Waals surface area contributed by atoms with Gasteiger partial charge in [0.15, 0.2) is 0 Å². The van der Waals surface area contributed by atoms with Gasteiger partial charge in [0, 0.05) is 37.4 Å². The van der Waals surface area contributed by atoms with E-state index in [1.54, 1.807) is 10.9 Å². The zero-order valence-electron chi connectivity index (χ0n) is 13.1. The van der Waals surface area contributed by atoms with Gasteiger partial charge in [-0.3, -0.25) is 14.3 Å². The van der Waals surface area contributed by atoms with Crippen LogP contribution >= 0.6 is 0 Å². The lowest BCUT2D eigenvalue weighted by molar-refractivity contribution is -0.130. The van der Waals surface area contributed by atoms with Crippen LogP contribution in [-0.2, 0) is 16.1 Å². The van der Waals surface area contributed by atoms with Crippen molar-refractivity contribution in [2.24, 2.45) is 5.92 Å². The molecule has 1 saturated heterocycles. The fraction of sp³-hybridized carbons (Fsp3) is 0.688. The number of aromatic nitrogens is 2. The molecule has 2 fully saturated rings. The third-order valence-electron chi connectivity index (χ3n) is 4.70. The molecule has 0 radical (unpaired) electrons. The molecule has 22 heavy (non-hydrogen) atoms. The summed E-state index contributed by atoms with van der Waals surface area (Å²) in [5.41, 5.74) is 0. The van der Waals surface area contributed by atoms with Gasteiger partial charge in [-0.1, -0.05) is 12.8 Å². The molecule has 6 heteroatoms. The molecule has 3 rings (SSSR count). The Labute approximate surface area is 130 Å².